The molecule has 3 aliphatic rings. The van der Waals surface area contributed by atoms with Gasteiger partial charge in [0.05, 0.1) is 24.1 Å². The quantitative estimate of drug-likeness (QED) is 0.438. The van der Waals surface area contributed by atoms with Gasteiger partial charge in [-0.3, -0.25) is 4.79 Å². The van der Waals surface area contributed by atoms with E-state index in [9.17, 15) is 15.3 Å². The zero-order valence-corrected chi connectivity index (χ0v) is 24.2. The Balaban J connectivity index is 1.43. The number of amides is 1. The minimum absolute atomic E-state index is 0.145. The van der Waals surface area contributed by atoms with Crippen molar-refractivity contribution in [2.24, 2.45) is 0 Å². The number of carbonyl (C=O) groups is 1. The lowest BCUT2D eigenvalue weighted by Gasteiger charge is -2.43. The number of piperazine rings is 2. The highest BCUT2D eigenvalue weighted by Gasteiger charge is 2.35. The average molecular weight is 561 g/mol. The molecule has 1 aromatic heterocycles. The summed E-state index contributed by atoms with van der Waals surface area (Å²) in [6.45, 7) is 10.2. The molecule has 42 heavy (non-hydrogen) atoms. The summed E-state index contributed by atoms with van der Waals surface area (Å²) in [4.78, 5) is 28.8. The molecule has 0 aliphatic carbocycles. The van der Waals surface area contributed by atoms with Gasteiger partial charge in [-0.25, -0.2) is 4.98 Å². The molecule has 2 fully saturated rings. The third kappa shape index (κ3) is 5.01. The summed E-state index contributed by atoms with van der Waals surface area (Å²) in [5.74, 6) is 1.50. The van der Waals surface area contributed by atoms with Crippen molar-refractivity contribution in [3.05, 3.63) is 71.8 Å². The Morgan fingerprint density at radius 3 is 2.48 bits per heavy atom. The normalized spacial score (nSPS) is 19.3. The van der Waals surface area contributed by atoms with Gasteiger partial charge in [0.25, 0.3) is 0 Å². The van der Waals surface area contributed by atoms with E-state index in [2.05, 4.69) is 87.8 Å². The van der Waals surface area contributed by atoms with Gasteiger partial charge >= 0.3 is 0 Å². The molecular formula is C33H36N8O. The van der Waals surface area contributed by atoms with Crippen LogP contribution in [0.5, 0.6) is 0 Å². The molecule has 1 amide bonds. The third-order valence-corrected chi connectivity index (χ3v) is 8.94. The molecule has 0 saturated carbocycles. The van der Waals surface area contributed by atoms with Gasteiger partial charge in [-0.05, 0) is 36.6 Å². The van der Waals surface area contributed by atoms with Gasteiger partial charge in [0.2, 0.25) is 5.91 Å². The maximum Gasteiger partial charge on any atom is 0.246 e. The van der Waals surface area contributed by atoms with Crippen LogP contribution >= 0.6 is 0 Å². The van der Waals surface area contributed by atoms with Crippen LogP contribution in [0.4, 0.5) is 17.3 Å². The van der Waals surface area contributed by atoms with Gasteiger partial charge in [0.1, 0.15) is 17.7 Å². The fourth-order valence-electron chi connectivity index (χ4n) is 6.65. The molecule has 6 rings (SSSR count). The Morgan fingerprint density at radius 2 is 1.71 bits per heavy atom. The number of hydrogen-bond acceptors (Lipinski definition) is 8. The first kappa shape index (κ1) is 27.6. The Hall–Kier alpha value is -4.60. The average Bonchev–Trinajstić information content (AvgIpc) is 3.03. The molecule has 9 heteroatoms. The summed E-state index contributed by atoms with van der Waals surface area (Å²) in [7, 11) is 2.12. The molecule has 0 N–H and O–H groups in total. The van der Waals surface area contributed by atoms with Crippen molar-refractivity contribution in [1.82, 2.24) is 14.8 Å². The first-order chi connectivity index (χ1) is 20.5. The van der Waals surface area contributed by atoms with Gasteiger partial charge < -0.3 is 24.5 Å². The van der Waals surface area contributed by atoms with Crippen LogP contribution in [0, 0.1) is 22.7 Å². The minimum atomic E-state index is -0.245. The van der Waals surface area contributed by atoms with Crippen LogP contribution in [0.2, 0.25) is 0 Å². The number of carbonyl (C=O) groups excluding carboxylic acids is 1. The van der Waals surface area contributed by atoms with Crippen molar-refractivity contribution < 1.29 is 4.79 Å². The van der Waals surface area contributed by atoms with E-state index >= 15 is 0 Å². The topological polar surface area (TPSA) is 93.7 Å². The monoisotopic (exact) mass is 560 g/mol. The largest absolute Gasteiger partial charge is 0.366 e. The molecule has 1 unspecified atom stereocenters. The summed E-state index contributed by atoms with van der Waals surface area (Å²) in [6.07, 6.45) is 2.33. The zero-order chi connectivity index (χ0) is 29.2. The van der Waals surface area contributed by atoms with Gasteiger partial charge in [-0.1, -0.05) is 43.0 Å². The molecule has 2 aromatic carbocycles. The zero-order valence-electron chi connectivity index (χ0n) is 24.2. The number of likely N-dealkylation sites (N-methyl/N-ethyl adjacent to an activating group) is 1. The van der Waals surface area contributed by atoms with E-state index in [1.165, 1.54) is 22.5 Å². The number of nitriles is 2. The Morgan fingerprint density at radius 1 is 0.952 bits per heavy atom. The van der Waals surface area contributed by atoms with Crippen molar-refractivity contribution in [2.45, 2.75) is 25.4 Å². The smallest absolute Gasteiger partial charge is 0.246 e. The van der Waals surface area contributed by atoms with Crippen LogP contribution in [-0.2, 0) is 17.8 Å². The number of fused-ring (bicyclic) bond motifs is 2. The van der Waals surface area contributed by atoms with Crippen molar-refractivity contribution in [3.8, 4) is 12.1 Å². The fourth-order valence-corrected chi connectivity index (χ4v) is 6.65. The van der Waals surface area contributed by atoms with Crippen LogP contribution in [-0.4, -0.2) is 86.1 Å². The molecule has 2 saturated heterocycles. The number of pyridine rings is 1. The van der Waals surface area contributed by atoms with Gasteiger partial charge in [-0.15, -0.1) is 0 Å². The number of nitrogens with zero attached hydrogens (tertiary/aromatic N) is 8. The predicted molar refractivity (Wildman–Crippen MR) is 166 cm³/mol. The molecule has 0 spiro atoms. The maximum absolute atomic E-state index is 12.6. The van der Waals surface area contributed by atoms with E-state index < -0.39 is 0 Å². The SMILES string of the molecule is C=CC(=O)N1CCN(c2nc(N3CCN(C)CC3)c(C#N)c3c2CCN(c2cccc4ccccc24)C3)CC1CC#N. The van der Waals surface area contributed by atoms with Crippen LogP contribution in [0.3, 0.4) is 0 Å². The highest BCUT2D eigenvalue weighted by molar-refractivity contribution is 5.94. The number of aromatic nitrogens is 1. The summed E-state index contributed by atoms with van der Waals surface area (Å²) < 4.78 is 0. The highest BCUT2D eigenvalue weighted by Crippen LogP contribution is 2.39. The van der Waals surface area contributed by atoms with Crippen LogP contribution < -0.4 is 14.7 Å². The second kappa shape index (κ2) is 11.7. The van der Waals surface area contributed by atoms with E-state index in [1.807, 2.05) is 0 Å². The minimum Gasteiger partial charge on any atom is -0.366 e. The molecule has 3 aliphatic heterocycles. The summed E-state index contributed by atoms with van der Waals surface area (Å²) in [6, 6.07) is 19.4. The van der Waals surface area contributed by atoms with E-state index in [0.29, 0.717) is 31.7 Å². The first-order valence-electron chi connectivity index (χ1n) is 14.7. The second-order valence-electron chi connectivity index (χ2n) is 11.4. The van der Waals surface area contributed by atoms with Crippen molar-refractivity contribution in [1.29, 1.82) is 10.5 Å². The molecule has 4 heterocycles. The molecule has 3 aromatic rings. The van der Waals surface area contributed by atoms with E-state index in [-0.39, 0.29) is 18.4 Å². The van der Waals surface area contributed by atoms with Crippen molar-refractivity contribution >= 4 is 34.0 Å². The maximum atomic E-state index is 12.6. The number of rotatable bonds is 5. The molecule has 214 valence electrons. The number of benzene rings is 2. The Labute approximate surface area is 247 Å². The van der Waals surface area contributed by atoms with Gasteiger partial charge in [0.15, 0.2) is 0 Å². The lowest BCUT2D eigenvalue weighted by molar-refractivity contribution is -0.128. The van der Waals surface area contributed by atoms with Crippen molar-refractivity contribution in [2.75, 3.05) is 74.1 Å². The second-order valence-corrected chi connectivity index (χ2v) is 11.4. The lowest BCUT2D eigenvalue weighted by Crippen LogP contribution is -2.55. The van der Waals surface area contributed by atoms with E-state index in [1.54, 1.807) is 4.90 Å². The molecular weight excluding hydrogens is 524 g/mol. The number of hydrogen-bond donors (Lipinski definition) is 0. The Kier molecular flexibility index (Phi) is 7.69. The van der Waals surface area contributed by atoms with Gasteiger partial charge in [0, 0.05) is 75.5 Å². The predicted octanol–water partition coefficient (Wildman–Crippen LogP) is 3.54. The molecule has 9 nitrogen and oxygen atoms in total. The molecule has 0 bridgehead atoms. The number of anilines is 3. The third-order valence-electron chi connectivity index (χ3n) is 8.94. The lowest BCUT2D eigenvalue weighted by atomic mass is 9.93. The highest BCUT2D eigenvalue weighted by atomic mass is 16.2. The van der Waals surface area contributed by atoms with Crippen LogP contribution in [0.1, 0.15) is 23.1 Å². The van der Waals surface area contributed by atoms with Crippen LogP contribution in [0.25, 0.3) is 10.8 Å². The standard InChI is InChI=1S/C33H36N8O/c1-3-31(42)41-20-19-40(22-25(41)11-13-34)32-27-12-14-39(30-10-6-8-24-7-4-5-9-26(24)30)23-29(27)28(21-35)33(36-32)38-17-15-37(2)16-18-38/h3-10,25H,1,11-12,14-20,22-23H2,2H3. The summed E-state index contributed by atoms with van der Waals surface area (Å²) in [5, 5.41) is 22.5. The van der Waals surface area contributed by atoms with E-state index in [4.69, 9.17) is 4.98 Å². The fraction of sp³-hybridized carbons (Fsp3) is 0.394. The van der Waals surface area contributed by atoms with E-state index in [0.717, 1.165) is 61.9 Å². The molecule has 1 atom stereocenters. The summed E-state index contributed by atoms with van der Waals surface area (Å²) in [5.41, 5.74) is 3.99. The summed E-state index contributed by atoms with van der Waals surface area (Å²) >= 11 is 0. The van der Waals surface area contributed by atoms with Gasteiger partial charge in [-0.2, -0.15) is 10.5 Å². The first-order valence-corrected chi connectivity index (χ1v) is 14.7. The van der Waals surface area contributed by atoms with Crippen molar-refractivity contribution in [3.63, 3.8) is 0 Å². The van der Waals surface area contributed by atoms with Crippen LogP contribution in [0.15, 0.2) is 55.1 Å². The Bertz CT molecular complexity index is 1590. The molecule has 0 radical (unpaired) electrons.